The van der Waals surface area contributed by atoms with Crippen LogP contribution in [0.2, 0.25) is 0 Å². The number of hydrogen-bond donors (Lipinski definition) is 3. The molecule has 1 aromatic rings. The second-order valence-corrected chi connectivity index (χ2v) is 3.73. The summed E-state index contributed by atoms with van der Waals surface area (Å²) in [5.41, 5.74) is 6.16. The third kappa shape index (κ3) is 3.78. The second kappa shape index (κ2) is 6.50. The van der Waals surface area contributed by atoms with Crippen LogP contribution in [0.5, 0.6) is 0 Å². The molecule has 0 aliphatic rings. The minimum absolute atomic E-state index is 0.0623. The van der Waals surface area contributed by atoms with E-state index >= 15 is 0 Å². The van der Waals surface area contributed by atoms with Crippen LogP contribution in [0.4, 0.5) is 11.4 Å². The first-order valence-electron chi connectivity index (χ1n) is 5.56. The predicted molar refractivity (Wildman–Crippen MR) is 69.1 cm³/mol. The van der Waals surface area contributed by atoms with E-state index < -0.39 is 17.7 Å². The predicted octanol–water partition coefficient (Wildman–Crippen LogP) is -0.743. The summed E-state index contributed by atoms with van der Waals surface area (Å²) in [5, 5.41) is 10.8. The number of nitrogens with zero attached hydrogens (tertiary/aromatic N) is 1. The first-order valence-corrected chi connectivity index (χ1v) is 5.56. The van der Waals surface area contributed by atoms with E-state index in [1.54, 1.807) is 12.1 Å². The van der Waals surface area contributed by atoms with Crippen LogP contribution >= 0.6 is 0 Å². The molecular weight excluding hydrogens is 250 g/mol. The van der Waals surface area contributed by atoms with E-state index in [0.29, 0.717) is 5.69 Å². The van der Waals surface area contributed by atoms with Crippen LogP contribution in [0.3, 0.4) is 0 Å². The fraction of sp³-hybridized carbons (Fsp3) is 0.250. The van der Waals surface area contributed by atoms with Crippen molar-refractivity contribution in [2.45, 2.75) is 6.92 Å². The number of nitrogens with one attached hydrogen (secondary N) is 1. The Morgan fingerprint density at radius 1 is 1.37 bits per heavy atom. The number of anilines is 2. The van der Waals surface area contributed by atoms with Crippen LogP contribution in [-0.4, -0.2) is 36.0 Å². The van der Waals surface area contributed by atoms with Crippen LogP contribution in [0.1, 0.15) is 6.92 Å². The maximum absolute atomic E-state index is 11.9. The van der Waals surface area contributed by atoms with Gasteiger partial charge >= 0.3 is 11.8 Å². The number of hydrogen-bond acceptors (Lipinski definition) is 5. The molecule has 19 heavy (non-hydrogen) atoms. The van der Waals surface area contributed by atoms with Crippen LogP contribution in [0.25, 0.3) is 0 Å². The van der Waals surface area contributed by atoms with Gasteiger partial charge in [0.15, 0.2) is 0 Å². The van der Waals surface area contributed by atoms with Gasteiger partial charge in [0, 0.05) is 19.2 Å². The standard InChI is InChI=1S/C12H15N3O4/c1-8(17)15(10-4-2-3-9(13)7-10)12(19)11(18)14-5-6-16/h2-4,7,16H,5-6,13H2,1H3,(H,14,18). The Hall–Kier alpha value is -2.41. The van der Waals surface area contributed by atoms with Crippen molar-refractivity contribution in [1.82, 2.24) is 5.32 Å². The summed E-state index contributed by atoms with van der Waals surface area (Å²) in [6.07, 6.45) is 0. The number of rotatable bonds is 3. The number of imide groups is 1. The molecule has 0 radical (unpaired) electrons. The number of carbonyl (C=O) groups excluding carboxylic acids is 3. The quantitative estimate of drug-likeness (QED) is 0.492. The van der Waals surface area contributed by atoms with Crippen molar-refractivity contribution in [1.29, 1.82) is 0 Å². The third-order valence-corrected chi connectivity index (χ3v) is 2.24. The van der Waals surface area contributed by atoms with Crippen molar-refractivity contribution in [2.24, 2.45) is 0 Å². The van der Waals surface area contributed by atoms with Gasteiger partial charge < -0.3 is 16.2 Å². The Bertz CT molecular complexity index is 502. The molecule has 0 aliphatic heterocycles. The first-order chi connectivity index (χ1) is 8.97. The number of aliphatic hydroxyl groups excluding tert-OH is 1. The van der Waals surface area contributed by atoms with Crippen molar-refractivity contribution in [2.75, 3.05) is 23.8 Å². The Labute approximate surface area is 110 Å². The van der Waals surface area contributed by atoms with Crippen molar-refractivity contribution < 1.29 is 19.5 Å². The SMILES string of the molecule is CC(=O)N(C(=O)C(=O)NCCO)c1cccc(N)c1. The Morgan fingerprint density at radius 2 is 2.05 bits per heavy atom. The molecule has 0 unspecified atom stereocenters. The molecule has 1 rings (SSSR count). The van der Waals surface area contributed by atoms with Gasteiger partial charge in [-0.2, -0.15) is 0 Å². The van der Waals surface area contributed by atoms with E-state index in [1.807, 2.05) is 0 Å². The minimum Gasteiger partial charge on any atom is -0.399 e. The molecule has 4 N–H and O–H groups in total. The molecule has 0 saturated heterocycles. The highest BCUT2D eigenvalue weighted by molar-refractivity contribution is 6.45. The average molecular weight is 265 g/mol. The maximum atomic E-state index is 11.9. The van der Waals surface area contributed by atoms with Crippen LogP contribution < -0.4 is 16.0 Å². The highest BCUT2D eigenvalue weighted by Crippen LogP contribution is 2.18. The van der Waals surface area contributed by atoms with Gasteiger partial charge in [-0.25, -0.2) is 4.90 Å². The second-order valence-electron chi connectivity index (χ2n) is 3.73. The molecule has 0 spiro atoms. The van der Waals surface area contributed by atoms with E-state index in [2.05, 4.69) is 5.32 Å². The van der Waals surface area contributed by atoms with Gasteiger partial charge in [-0.1, -0.05) is 6.07 Å². The fourth-order valence-corrected chi connectivity index (χ4v) is 1.45. The number of nitrogen functional groups attached to an aromatic ring is 1. The number of amides is 3. The largest absolute Gasteiger partial charge is 0.399 e. The van der Waals surface area contributed by atoms with E-state index in [9.17, 15) is 14.4 Å². The lowest BCUT2D eigenvalue weighted by Gasteiger charge is -2.18. The molecule has 7 heteroatoms. The van der Waals surface area contributed by atoms with Crippen LogP contribution in [-0.2, 0) is 14.4 Å². The topological polar surface area (TPSA) is 113 Å². The molecule has 0 atom stereocenters. The van der Waals surface area contributed by atoms with Crippen molar-refractivity contribution in [3.05, 3.63) is 24.3 Å². The number of aliphatic hydroxyl groups is 1. The lowest BCUT2D eigenvalue weighted by molar-refractivity contribution is -0.139. The summed E-state index contributed by atoms with van der Waals surface area (Å²) in [7, 11) is 0. The van der Waals surface area contributed by atoms with Gasteiger partial charge in [0.05, 0.1) is 12.3 Å². The lowest BCUT2D eigenvalue weighted by atomic mass is 10.2. The van der Waals surface area contributed by atoms with E-state index in [-0.39, 0.29) is 18.8 Å². The van der Waals surface area contributed by atoms with Crippen LogP contribution in [0.15, 0.2) is 24.3 Å². The minimum atomic E-state index is -1.02. The van der Waals surface area contributed by atoms with Gasteiger partial charge in [0.2, 0.25) is 5.91 Å². The summed E-state index contributed by atoms with van der Waals surface area (Å²) in [5.74, 6) is -2.59. The number of nitrogens with two attached hydrogens (primary N) is 1. The molecule has 0 fully saturated rings. The zero-order valence-electron chi connectivity index (χ0n) is 10.4. The third-order valence-electron chi connectivity index (χ3n) is 2.24. The Kier molecular flexibility index (Phi) is 5.01. The highest BCUT2D eigenvalue weighted by atomic mass is 16.3. The van der Waals surface area contributed by atoms with Gasteiger partial charge in [-0.05, 0) is 18.2 Å². The average Bonchev–Trinajstić information content (AvgIpc) is 2.35. The maximum Gasteiger partial charge on any atom is 0.323 e. The normalized spacial score (nSPS) is 9.79. The first kappa shape index (κ1) is 14.7. The number of carbonyl (C=O) groups is 3. The Balaban J connectivity index is 2.98. The Morgan fingerprint density at radius 3 is 2.58 bits per heavy atom. The van der Waals surface area contributed by atoms with Gasteiger partial charge in [-0.3, -0.25) is 14.4 Å². The summed E-state index contributed by atoms with van der Waals surface area (Å²) in [6.45, 7) is 0.811. The molecular formula is C12H15N3O4. The van der Waals surface area contributed by atoms with Crippen molar-refractivity contribution in [3.8, 4) is 0 Å². The lowest BCUT2D eigenvalue weighted by Crippen LogP contribution is -2.46. The molecule has 1 aromatic carbocycles. The van der Waals surface area contributed by atoms with Crippen molar-refractivity contribution in [3.63, 3.8) is 0 Å². The summed E-state index contributed by atoms with van der Waals surface area (Å²) >= 11 is 0. The molecule has 3 amide bonds. The van der Waals surface area contributed by atoms with E-state index in [0.717, 1.165) is 4.90 Å². The molecule has 0 bridgehead atoms. The molecule has 7 nitrogen and oxygen atoms in total. The molecule has 0 aromatic heterocycles. The molecule has 0 heterocycles. The van der Waals surface area contributed by atoms with Crippen LogP contribution in [0, 0.1) is 0 Å². The van der Waals surface area contributed by atoms with Gasteiger partial charge in [0.25, 0.3) is 0 Å². The van der Waals surface area contributed by atoms with Gasteiger partial charge in [-0.15, -0.1) is 0 Å². The molecule has 0 aliphatic carbocycles. The highest BCUT2D eigenvalue weighted by Gasteiger charge is 2.26. The zero-order chi connectivity index (χ0) is 14.4. The summed E-state index contributed by atoms with van der Waals surface area (Å²) in [4.78, 5) is 35.6. The molecule has 0 saturated carbocycles. The fourth-order valence-electron chi connectivity index (χ4n) is 1.45. The summed E-state index contributed by atoms with van der Waals surface area (Å²) in [6, 6.07) is 6.07. The van der Waals surface area contributed by atoms with E-state index in [1.165, 1.54) is 19.1 Å². The summed E-state index contributed by atoms with van der Waals surface area (Å²) < 4.78 is 0. The zero-order valence-corrected chi connectivity index (χ0v) is 10.4. The molecule has 102 valence electrons. The smallest absolute Gasteiger partial charge is 0.323 e. The van der Waals surface area contributed by atoms with E-state index in [4.69, 9.17) is 10.8 Å². The number of benzene rings is 1. The monoisotopic (exact) mass is 265 g/mol. The van der Waals surface area contributed by atoms with Crippen molar-refractivity contribution >= 4 is 29.1 Å². The van der Waals surface area contributed by atoms with Gasteiger partial charge in [0.1, 0.15) is 0 Å².